The van der Waals surface area contributed by atoms with Gasteiger partial charge in [0.05, 0.1) is 20.6 Å². The first-order chi connectivity index (χ1) is 21.8. The number of carbonyl (C=O) groups is 2. The monoisotopic (exact) mass is 646 g/mol. The Morgan fingerprint density at radius 1 is 0.978 bits per heavy atom. The van der Waals surface area contributed by atoms with Crippen molar-refractivity contribution in [3.63, 3.8) is 0 Å². The fourth-order valence-electron chi connectivity index (χ4n) is 5.44. The first-order valence-electron chi connectivity index (χ1n) is 15.1. The third-order valence-electron chi connectivity index (χ3n) is 7.93. The van der Waals surface area contributed by atoms with Gasteiger partial charge in [-0.15, -0.1) is 21.5 Å². The molecule has 10 heteroatoms. The van der Waals surface area contributed by atoms with Crippen LogP contribution >= 0.6 is 21.8 Å². The number of ketones is 1. The van der Waals surface area contributed by atoms with Gasteiger partial charge in [0.15, 0.2) is 11.0 Å². The Bertz CT molecular complexity index is 1560. The second kappa shape index (κ2) is 17.0. The van der Waals surface area contributed by atoms with E-state index in [0.717, 1.165) is 70.5 Å². The molecule has 2 aromatic carbocycles. The van der Waals surface area contributed by atoms with Gasteiger partial charge in [0.25, 0.3) is 0 Å². The molecule has 4 rings (SSSR count). The molecule has 0 bridgehead atoms. The first-order valence-corrected chi connectivity index (χ1v) is 17.3. The van der Waals surface area contributed by atoms with Gasteiger partial charge in [-0.05, 0) is 72.7 Å². The van der Waals surface area contributed by atoms with Crippen LogP contribution in [0, 0.1) is 5.92 Å². The molecule has 1 aliphatic rings. The predicted molar refractivity (Wildman–Crippen MR) is 185 cm³/mol. The highest BCUT2D eigenvalue weighted by atomic mass is 32.2. The Morgan fingerprint density at radius 2 is 1.60 bits per heavy atom. The van der Waals surface area contributed by atoms with Gasteiger partial charge in [-0.2, -0.15) is 0 Å². The third kappa shape index (κ3) is 10.1. The zero-order valence-electron chi connectivity index (χ0n) is 26.3. The first kappa shape index (κ1) is 34.0. The van der Waals surface area contributed by atoms with Crippen molar-refractivity contribution in [2.45, 2.75) is 57.3 Å². The lowest BCUT2D eigenvalue weighted by Crippen LogP contribution is -2.31. The van der Waals surface area contributed by atoms with Gasteiger partial charge in [0.1, 0.15) is 21.5 Å². The summed E-state index contributed by atoms with van der Waals surface area (Å²) in [6, 6.07) is 15.0. The summed E-state index contributed by atoms with van der Waals surface area (Å²) < 4.78 is 10.4. The Balaban J connectivity index is 1.32. The maximum absolute atomic E-state index is 12.9. The van der Waals surface area contributed by atoms with Gasteiger partial charge in [-0.25, -0.2) is 0 Å². The number of aromatic nitrogens is 2. The van der Waals surface area contributed by atoms with E-state index in [1.165, 1.54) is 0 Å². The number of hydrogen-bond acceptors (Lipinski definition) is 8. The van der Waals surface area contributed by atoms with Crippen molar-refractivity contribution in [3.8, 4) is 11.5 Å². The van der Waals surface area contributed by atoms with Crippen LogP contribution in [-0.2, 0) is 28.9 Å². The summed E-state index contributed by atoms with van der Waals surface area (Å²) in [5.41, 5.74) is 2.37. The minimum atomic E-state index is -0.508. The molecule has 1 aliphatic carbocycles. The van der Waals surface area contributed by atoms with E-state index in [1.54, 1.807) is 32.6 Å². The Kier molecular flexibility index (Phi) is 12.9. The summed E-state index contributed by atoms with van der Waals surface area (Å²) in [5, 5.41) is 17.6. The lowest BCUT2D eigenvalue weighted by atomic mass is 9.95. The van der Waals surface area contributed by atoms with Gasteiger partial charge in [0.2, 0.25) is 5.91 Å². The smallest absolute Gasteiger partial charge is 0.230 e. The summed E-state index contributed by atoms with van der Waals surface area (Å²) in [4.78, 5) is 30.1. The molecule has 3 atom stereocenters. The number of amides is 1. The zero-order valence-corrected chi connectivity index (χ0v) is 28.0. The number of nitrogens with one attached hydrogen (secondary N) is 1. The minimum Gasteiger partial charge on any atom is -0.497 e. The maximum Gasteiger partial charge on any atom is 0.230 e. The number of nitrogens with zero attached hydrogens (tertiary/aromatic N) is 3. The highest BCUT2D eigenvalue weighted by Crippen LogP contribution is 2.38. The number of Topliss-reactive ketones (excluding diaryl/α,β-unsaturated/α-hetero) is 1. The number of aliphatic imine (C=N–C) groups is 1. The molecule has 1 N–H and O–H groups in total. The molecule has 8 nitrogen and oxygen atoms in total. The average molecular weight is 647 g/mol. The molecule has 3 unspecified atom stereocenters. The summed E-state index contributed by atoms with van der Waals surface area (Å²) in [7, 11) is 4.44. The Labute approximate surface area is 272 Å². The van der Waals surface area contributed by atoms with Crippen LogP contribution in [0.15, 0.2) is 72.3 Å². The number of carbonyl (C=O) groups excluding carboxylic acids is 2. The van der Waals surface area contributed by atoms with Gasteiger partial charge in [-0.3, -0.25) is 14.6 Å². The summed E-state index contributed by atoms with van der Waals surface area (Å²) in [6.07, 6.45) is 6.36. The fraction of sp³-hybridized carbons (Fsp3) is 0.400. The molecule has 3 aromatic rings. The molecule has 0 saturated heterocycles. The second-order valence-corrected chi connectivity index (χ2v) is 14.0. The Morgan fingerprint density at radius 3 is 2.20 bits per heavy atom. The van der Waals surface area contributed by atoms with Crippen molar-refractivity contribution in [1.82, 2.24) is 15.5 Å². The molecule has 0 radical (unpaired) electrons. The van der Waals surface area contributed by atoms with Crippen LogP contribution in [0.5, 0.6) is 11.5 Å². The van der Waals surface area contributed by atoms with Crippen LogP contribution < -0.4 is 14.8 Å². The number of rotatable bonds is 12. The van der Waals surface area contributed by atoms with E-state index in [4.69, 9.17) is 9.47 Å². The summed E-state index contributed by atoms with van der Waals surface area (Å²) in [5.74, 6) is 2.95. The third-order valence-corrected chi connectivity index (χ3v) is 10.9. The fourth-order valence-corrected chi connectivity index (χ4v) is 8.11. The number of methoxy groups -OCH3 is 2. The van der Waals surface area contributed by atoms with Crippen molar-refractivity contribution >= 4 is 43.7 Å². The van der Waals surface area contributed by atoms with Crippen molar-refractivity contribution < 1.29 is 19.1 Å². The standard InChI is InChI=1S/C35H42N4O4S2/c1-6-45(35(36-3)37-32(41)22-26-13-17-30(43-5)18-14-26)23-27-9-7-8-10-28(20-27)34-39-38-33(44-34)19-24(2)31(40)21-25-11-15-29(42-4)16-12-25/h11-18,27-28H,1-2,7-10,19-23H2,3-5H3,(H,36,37,41). The lowest BCUT2D eigenvalue weighted by Gasteiger charge is -2.20. The number of amidine groups is 1. The van der Waals surface area contributed by atoms with E-state index in [2.05, 4.69) is 38.7 Å². The number of benzene rings is 2. The number of ether oxygens (including phenoxy) is 2. The van der Waals surface area contributed by atoms with E-state index < -0.39 is 10.5 Å². The molecular weight excluding hydrogens is 605 g/mol. The largest absolute Gasteiger partial charge is 0.497 e. The van der Waals surface area contributed by atoms with E-state index >= 15 is 0 Å². The van der Waals surface area contributed by atoms with E-state index in [1.807, 2.05) is 48.5 Å². The van der Waals surface area contributed by atoms with Crippen molar-refractivity contribution in [2.24, 2.45) is 10.9 Å². The Hall–Kier alpha value is -3.85. The normalized spacial score (nSPS) is 17.4. The average Bonchev–Trinajstić information content (AvgIpc) is 3.39. The lowest BCUT2D eigenvalue weighted by molar-refractivity contribution is -0.119. The van der Waals surface area contributed by atoms with Crippen LogP contribution in [0.2, 0.25) is 0 Å². The van der Waals surface area contributed by atoms with Crippen LogP contribution in [0.3, 0.4) is 0 Å². The molecular formula is C35H42N4O4S2. The van der Waals surface area contributed by atoms with Crippen molar-refractivity contribution in [2.75, 3.05) is 27.0 Å². The van der Waals surface area contributed by atoms with Gasteiger partial charge < -0.3 is 14.8 Å². The molecule has 238 valence electrons. The highest BCUT2D eigenvalue weighted by molar-refractivity contribution is 8.27. The minimum absolute atomic E-state index is 0.00337. The maximum atomic E-state index is 12.9. The number of allylic oxidation sites excluding steroid dienone is 1. The van der Waals surface area contributed by atoms with Gasteiger partial charge >= 0.3 is 0 Å². The summed E-state index contributed by atoms with van der Waals surface area (Å²) in [6.45, 7) is 8.02. The SMILES string of the molecule is C=C=S(CC1CCCCC(c2nnc(CC(=C)C(=O)Cc3ccc(OC)cc3)s2)C1)C(=NC)NC(=O)Cc1ccc(OC)cc1. The molecule has 1 aromatic heterocycles. The number of hydrogen-bond donors (Lipinski definition) is 1. The highest BCUT2D eigenvalue weighted by Gasteiger charge is 2.26. The molecule has 45 heavy (non-hydrogen) atoms. The van der Waals surface area contributed by atoms with Gasteiger partial charge in [0, 0.05) is 31.6 Å². The van der Waals surface area contributed by atoms with E-state index in [0.29, 0.717) is 35.4 Å². The molecule has 1 heterocycles. The van der Waals surface area contributed by atoms with Crippen molar-refractivity contribution in [1.29, 1.82) is 0 Å². The molecule has 1 saturated carbocycles. The van der Waals surface area contributed by atoms with Crippen LogP contribution in [-0.4, -0.2) is 59.1 Å². The van der Waals surface area contributed by atoms with E-state index in [9.17, 15) is 9.59 Å². The van der Waals surface area contributed by atoms with Crippen LogP contribution in [0.4, 0.5) is 0 Å². The second-order valence-electron chi connectivity index (χ2n) is 11.1. The molecule has 1 amide bonds. The van der Waals surface area contributed by atoms with Crippen molar-refractivity contribution in [3.05, 3.63) is 88.4 Å². The van der Waals surface area contributed by atoms with Crippen LogP contribution in [0.25, 0.3) is 0 Å². The zero-order chi connectivity index (χ0) is 32.2. The van der Waals surface area contributed by atoms with Gasteiger partial charge in [-0.1, -0.05) is 59.2 Å². The quantitative estimate of drug-likeness (QED) is 0.0811. The summed E-state index contributed by atoms with van der Waals surface area (Å²) >= 11 is 1.59. The topological polar surface area (TPSA) is 103 Å². The molecule has 0 spiro atoms. The van der Waals surface area contributed by atoms with E-state index in [-0.39, 0.29) is 18.1 Å². The molecule has 0 aliphatic heterocycles. The molecule has 1 fully saturated rings. The predicted octanol–water partition coefficient (Wildman–Crippen LogP) is 6.33. The van der Waals surface area contributed by atoms with Crippen LogP contribution in [0.1, 0.15) is 59.2 Å².